The van der Waals surface area contributed by atoms with E-state index in [0.717, 1.165) is 51.7 Å². The Hall–Kier alpha value is -2.36. The van der Waals surface area contributed by atoms with E-state index in [4.69, 9.17) is 4.74 Å². The number of benzene rings is 1. The Bertz CT molecular complexity index is 1170. The molecular formula is C19H20BrN5O2S. The second kappa shape index (κ2) is 8.34. The fourth-order valence-corrected chi connectivity index (χ4v) is 4.26. The number of nitrogens with zero attached hydrogens (tertiary/aromatic N) is 1. The van der Waals surface area contributed by atoms with Gasteiger partial charge in [0.2, 0.25) is 5.95 Å². The number of halogens is 1. The highest BCUT2D eigenvalue weighted by molar-refractivity contribution is 9.10. The monoisotopic (exact) mass is 461 g/mol. The van der Waals surface area contributed by atoms with Gasteiger partial charge in [0.1, 0.15) is 10.4 Å². The third-order valence-electron chi connectivity index (χ3n) is 4.48. The Morgan fingerprint density at radius 1 is 1.32 bits per heavy atom. The minimum atomic E-state index is -0.0974. The number of ether oxygens (including phenoxy) is 1. The van der Waals surface area contributed by atoms with Crippen LogP contribution in [-0.2, 0) is 6.54 Å². The third-order valence-corrected chi connectivity index (χ3v) is 6.04. The summed E-state index contributed by atoms with van der Waals surface area (Å²) in [5.74, 6) is 1.35. The van der Waals surface area contributed by atoms with Crippen molar-refractivity contribution in [2.24, 2.45) is 0 Å². The second-order valence-electron chi connectivity index (χ2n) is 6.35. The summed E-state index contributed by atoms with van der Waals surface area (Å²) in [4.78, 5) is 22.5. The molecule has 1 aromatic carbocycles. The maximum atomic E-state index is 12.0. The Balaban J connectivity index is 1.30. The Morgan fingerprint density at radius 3 is 3.07 bits per heavy atom. The van der Waals surface area contributed by atoms with Crippen molar-refractivity contribution >= 4 is 54.3 Å². The highest BCUT2D eigenvalue weighted by atomic mass is 79.9. The number of rotatable bonds is 8. The van der Waals surface area contributed by atoms with Crippen molar-refractivity contribution < 1.29 is 4.74 Å². The number of aromatic amines is 2. The number of fused-ring (bicyclic) bond motifs is 2. The van der Waals surface area contributed by atoms with Gasteiger partial charge in [-0.3, -0.25) is 9.78 Å². The van der Waals surface area contributed by atoms with E-state index in [1.54, 1.807) is 7.11 Å². The molecule has 0 unspecified atom stereocenters. The van der Waals surface area contributed by atoms with E-state index in [0.29, 0.717) is 17.2 Å². The number of aromatic nitrogens is 3. The minimum Gasteiger partial charge on any atom is -0.497 e. The summed E-state index contributed by atoms with van der Waals surface area (Å²) < 4.78 is 7.09. The molecule has 7 nitrogen and oxygen atoms in total. The van der Waals surface area contributed by atoms with Gasteiger partial charge in [-0.25, -0.2) is 4.98 Å². The van der Waals surface area contributed by atoms with Crippen molar-refractivity contribution in [1.82, 2.24) is 20.3 Å². The standard InChI is InChI=1S/C19H20BrN5O2S/c1-27-12-7-11(16-13(8-12)14(20)10-23-16)9-21-4-2-5-22-19-24-15-3-6-28-17(15)18(26)25-19/h3,6-8,10,21,23H,2,4-5,9H2,1H3,(H2,22,24,25,26). The summed E-state index contributed by atoms with van der Waals surface area (Å²) in [5.41, 5.74) is 2.89. The van der Waals surface area contributed by atoms with E-state index in [9.17, 15) is 4.79 Å². The summed E-state index contributed by atoms with van der Waals surface area (Å²) in [5, 5.41) is 9.62. The van der Waals surface area contributed by atoms with Crippen molar-refractivity contribution in [1.29, 1.82) is 0 Å². The van der Waals surface area contributed by atoms with Gasteiger partial charge in [0.05, 0.1) is 18.1 Å². The molecule has 4 N–H and O–H groups in total. The lowest BCUT2D eigenvalue weighted by Gasteiger charge is -2.09. The molecule has 0 spiro atoms. The van der Waals surface area contributed by atoms with Crippen LogP contribution in [0.3, 0.4) is 0 Å². The van der Waals surface area contributed by atoms with Gasteiger partial charge in [0, 0.05) is 29.1 Å². The van der Waals surface area contributed by atoms with Crippen LogP contribution in [0.2, 0.25) is 0 Å². The molecule has 146 valence electrons. The first-order valence-electron chi connectivity index (χ1n) is 8.91. The highest BCUT2D eigenvalue weighted by Gasteiger charge is 2.09. The Morgan fingerprint density at radius 2 is 2.21 bits per heavy atom. The zero-order valence-corrected chi connectivity index (χ0v) is 17.7. The fraction of sp³-hybridized carbons (Fsp3) is 0.263. The van der Waals surface area contributed by atoms with Gasteiger partial charge >= 0.3 is 0 Å². The number of hydrogen-bond acceptors (Lipinski definition) is 6. The van der Waals surface area contributed by atoms with Crippen LogP contribution >= 0.6 is 27.3 Å². The van der Waals surface area contributed by atoms with Gasteiger partial charge in [0.25, 0.3) is 5.56 Å². The van der Waals surface area contributed by atoms with Crippen LogP contribution in [0, 0.1) is 0 Å². The van der Waals surface area contributed by atoms with Gasteiger partial charge in [0.15, 0.2) is 0 Å². The van der Waals surface area contributed by atoms with Crippen molar-refractivity contribution in [2.75, 3.05) is 25.5 Å². The lowest BCUT2D eigenvalue weighted by atomic mass is 10.1. The first-order valence-corrected chi connectivity index (χ1v) is 10.6. The van der Waals surface area contributed by atoms with Crippen LogP contribution in [0.15, 0.2) is 39.0 Å². The molecule has 0 bridgehead atoms. The molecule has 0 aliphatic rings. The number of H-pyrrole nitrogens is 2. The zero-order valence-electron chi connectivity index (χ0n) is 15.3. The molecule has 9 heteroatoms. The lowest BCUT2D eigenvalue weighted by molar-refractivity contribution is 0.414. The molecule has 4 aromatic rings. The van der Waals surface area contributed by atoms with Crippen LogP contribution in [-0.4, -0.2) is 35.2 Å². The van der Waals surface area contributed by atoms with E-state index in [1.165, 1.54) is 11.3 Å². The molecule has 0 saturated carbocycles. The van der Waals surface area contributed by atoms with Gasteiger partial charge in [-0.1, -0.05) is 0 Å². The number of methoxy groups -OCH3 is 1. The number of nitrogens with one attached hydrogen (secondary N) is 4. The minimum absolute atomic E-state index is 0.0974. The predicted octanol–water partition coefficient (Wildman–Crippen LogP) is 3.83. The van der Waals surface area contributed by atoms with Crippen LogP contribution in [0.1, 0.15) is 12.0 Å². The van der Waals surface area contributed by atoms with Gasteiger partial charge < -0.3 is 20.4 Å². The van der Waals surface area contributed by atoms with E-state index >= 15 is 0 Å². The van der Waals surface area contributed by atoms with E-state index < -0.39 is 0 Å². The van der Waals surface area contributed by atoms with Crippen LogP contribution in [0.5, 0.6) is 5.75 Å². The Labute approximate surface area is 173 Å². The number of hydrogen-bond donors (Lipinski definition) is 4. The molecule has 0 fully saturated rings. The molecule has 0 atom stereocenters. The van der Waals surface area contributed by atoms with Crippen molar-refractivity contribution in [2.45, 2.75) is 13.0 Å². The zero-order chi connectivity index (χ0) is 19.5. The molecule has 4 rings (SSSR count). The number of anilines is 1. The quantitative estimate of drug-likeness (QED) is 0.299. The fourth-order valence-electron chi connectivity index (χ4n) is 3.10. The summed E-state index contributed by atoms with van der Waals surface area (Å²) in [6, 6.07) is 5.92. The molecule has 0 saturated heterocycles. The maximum Gasteiger partial charge on any atom is 0.270 e. The second-order valence-corrected chi connectivity index (χ2v) is 8.12. The van der Waals surface area contributed by atoms with Crippen molar-refractivity contribution in [3.8, 4) is 5.75 Å². The third kappa shape index (κ3) is 3.91. The van der Waals surface area contributed by atoms with Crippen LogP contribution in [0.4, 0.5) is 5.95 Å². The lowest BCUT2D eigenvalue weighted by Crippen LogP contribution is -2.19. The molecular weight excluding hydrogens is 442 g/mol. The normalized spacial score (nSPS) is 11.4. The summed E-state index contributed by atoms with van der Waals surface area (Å²) in [6.07, 6.45) is 2.84. The van der Waals surface area contributed by atoms with Gasteiger partial charge in [-0.05, 0) is 58.0 Å². The average Bonchev–Trinajstić information content (AvgIpc) is 3.31. The van der Waals surface area contributed by atoms with E-state index in [-0.39, 0.29) is 5.56 Å². The molecule has 28 heavy (non-hydrogen) atoms. The summed E-state index contributed by atoms with van der Waals surface area (Å²) in [7, 11) is 1.68. The largest absolute Gasteiger partial charge is 0.497 e. The number of thiophene rings is 1. The maximum absolute atomic E-state index is 12.0. The predicted molar refractivity (Wildman–Crippen MR) is 118 cm³/mol. The molecule has 3 heterocycles. The molecule has 0 radical (unpaired) electrons. The molecule has 0 aliphatic heterocycles. The molecule has 3 aromatic heterocycles. The SMILES string of the molecule is COc1cc(CNCCCNc2nc3ccsc3c(=O)[nH]2)c2[nH]cc(Br)c2c1. The summed E-state index contributed by atoms with van der Waals surface area (Å²) >= 11 is 4.96. The smallest absolute Gasteiger partial charge is 0.270 e. The molecule has 0 amide bonds. The first-order chi connectivity index (χ1) is 13.7. The van der Waals surface area contributed by atoms with Crippen LogP contribution in [0.25, 0.3) is 21.1 Å². The van der Waals surface area contributed by atoms with Crippen LogP contribution < -0.4 is 20.9 Å². The highest BCUT2D eigenvalue weighted by Crippen LogP contribution is 2.30. The van der Waals surface area contributed by atoms with E-state index in [2.05, 4.69) is 41.5 Å². The Kier molecular flexibility index (Phi) is 5.65. The van der Waals surface area contributed by atoms with Crippen molar-refractivity contribution in [3.05, 3.63) is 50.2 Å². The van der Waals surface area contributed by atoms with E-state index in [1.807, 2.05) is 29.8 Å². The average molecular weight is 462 g/mol. The topological polar surface area (TPSA) is 94.8 Å². The first kappa shape index (κ1) is 19.0. The van der Waals surface area contributed by atoms with Crippen molar-refractivity contribution in [3.63, 3.8) is 0 Å². The summed E-state index contributed by atoms with van der Waals surface area (Å²) in [6.45, 7) is 2.28. The van der Waals surface area contributed by atoms with Gasteiger partial charge in [-0.2, -0.15) is 0 Å². The van der Waals surface area contributed by atoms with Gasteiger partial charge in [-0.15, -0.1) is 11.3 Å². The molecule has 0 aliphatic carbocycles.